The molecule has 1 saturated heterocycles. The molecule has 2 N–H and O–H groups in total. The first-order valence-electron chi connectivity index (χ1n) is 4.82. The van der Waals surface area contributed by atoms with Crippen LogP contribution in [0.25, 0.3) is 0 Å². The molecule has 0 radical (unpaired) electrons. The maximum atomic E-state index is 11.7. The van der Waals surface area contributed by atoms with Crippen LogP contribution in [0.3, 0.4) is 0 Å². The highest BCUT2D eigenvalue weighted by Crippen LogP contribution is 2.17. The van der Waals surface area contributed by atoms with Gasteiger partial charge in [-0.25, -0.2) is 8.93 Å². The molecule has 0 saturated carbocycles. The summed E-state index contributed by atoms with van der Waals surface area (Å²) in [5.41, 5.74) is 0. The zero-order chi connectivity index (χ0) is 10.8. The number of aliphatic hydroxyl groups is 1. The van der Waals surface area contributed by atoms with Crippen LogP contribution < -0.4 is 4.72 Å². The van der Waals surface area contributed by atoms with Crippen molar-refractivity contribution in [2.75, 3.05) is 19.8 Å². The van der Waals surface area contributed by atoms with E-state index in [4.69, 9.17) is 9.84 Å². The van der Waals surface area contributed by atoms with Crippen LogP contribution in [-0.4, -0.2) is 39.9 Å². The Labute approximate surface area is 87.6 Å². The fraction of sp³-hybridized carbons (Fsp3) is 1.00. The Morgan fingerprint density at radius 1 is 1.57 bits per heavy atom. The van der Waals surface area contributed by atoms with E-state index >= 15 is 0 Å². The van der Waals surface area contributed by atoms with E-state index in [-0.39, 0.29) is 17.4 Å². The van der Waals surface area contributed by atoms with Crippen molar-refractivity contribution in [3.63, 3.8) is 0 Å². The first-order valence-corrected chi connectivity index (χ1v) is 5.97. The first-order chi connectivity index (χ1) is 6.45. The van der Waals surface area contributed by atoms with Crippen LogP contribution in [-0.2, 0) is 15.7 Å². The van der Waals surface area contributed by atoms with Crippen molar-refractivity contribution < 1.29 is 14.1 Å². The second-order valence-corrected chi connectivity index (χ2v) is 6.58. The molecule has 0 amide bonds. The van der Waals surface area contributed by atoms with Gasteiger partial charge in [-0.1, -0.05) is 0 Å². The van der Waals surface area contributed by atoms with Crippen LogP contribution in [0.5, 0.6) is 0 Å². The monoisotopic (exact) mass is 221 g/mol. The molecule has 1 rings (SSSR count). The summed E-state index contributed by atoms with van der Waals surface area (Å²) in [6.07, 6.45) is 0. The van der Waals surface area contributed by atoms with Crippen LogP contribution in [0.15, 0.2) is 0 Å². The van der Waals surface area contributed by atoms with Crippen molar-refractivity contribution in [3.05, 3.63) is 0 Å². The highest BCUT2D eigenvalue weighted by atomic mass is 32.2. The third-order valence-electron chi connectivity index (χ3n) is 2.24. The Balaban J connectivity index is 2.43. The second kappa shape index (κ2) is 4.70. The molecule has 2 atom stereocenters. The summed E-state index contributed by atoms with van der Waals surface area (Å²) in [5, 5.41) is 9.12. The largest absolute Gasteiger partial charge is 0.395 e. The molecule has 2 unspecified atom stereocenters. The summed E-state index contributed by atoms with van der Waals surface area (Å²) < 4.78 is 19.4. The van der Waals surface area contributed by atoms with Gasteiger partial charge in [0.25, 0.3) is 0 Å². The quantitative estimate of drug-likeness (QED) is 0.705. The lowest BCUT2D eigenvalue weighted by molar-refractivity contribution is -0.0536. The minimum absolute atomic E-state index is 0.00977. The van der Waals surface area contributed by atoms with E-state index in [9.17, 15) is 4.21 Å². The first kappa shape index (κ1) is 12.1. The Morgan fingerprint density at radius 3 is 2.43 bits per heavy atom. The number of hydrogen-bond acceptors (Lipinski definition) is 3. The molecule has 0 aromatic rings. The van der Waals surface area contributed by atoms with E-state index in [0.717, 1.165) is 0 Å². The van der Waals surface area contributed by atoms with E-state index in [1.54, 1.807) is 0 Å². The Morgan fingerprint density at radius 2 is 2.14 bits per heavy atom. The van der Waals surface area contributed by atoms with Crippen molar-refractivity contribution in [2.24, 2.45) is 5.92 Å². The van der Waals surface area contributed by atoms with Crippen LogP contribution in [0.4, 0.5) is 0 Å². The molecular formula is C9H19NO3S. The van der Waals surface area contributed by atoms with Crippen molar-refractivity contribution >= 4 is 11.0 Å². The molecule has 0 spiro atoms. The van der Waals surface area contributed by atoms with E-state index < -0.39 is 11.0 Å². The minimum atomic E-state index is -1.12. The van der Waals surface area contributed by atoms with Gasteiger partial charge in [0.15, 0.2) is 0 Å². The van der Waals surface area contributed by atoms with Crippen LogP contribution >= 0.6 is 0 Å². The third kappa shape index (κ3) is 3.02. The average molecular weight is 221 g/mol. The molecule has 5 heteroatoms. The Kier molecular flexibility index (Phi) is 4.06. The van der Waals surface area contributed by atoms with Gasteiger partial charge in [-0.3, -0.25) is 0 Å². The zero-order valence-electron chi connectivity index (χ0n) is 8.95. The van der Waals surface area contributed by atoms with E-state index in [1.807, 2.05) is 20.8 Å². The van der Waals surface area contributed by atoms with Gasteiger partial charge in [-0.15, -0.1) is 0 Å². The molecule has 1 aliphatic heterocycles. The summed E-state index contributed by atoms with van der Waals surface area (Å²) in [6, 6.07) is -0.108. The molecule has 4 nitrogen and oxygen atoms in total. The van der Waals surface area contributed by atoms with Crippen molar-refractivity contribution in [2.45, 2.75) is 31.6 Å². The van der Waals surface area contributed by atoms with Crippen LogP contribution in [0.1, 0.15) is 20.8 Å². The molecule has 14 heavy (non-hydrogen) atoms. The lowest BCUT2D eigenvalue weighted by atomic mass is 10.00. The molecule has 0 aromatic carbocycles. The number of aliphatic hydroxyl groups excluding tert-OH is 1. The molecule has 1 fully saturated rings. The summed E-state index contributed by atoms with van der Waals surface area (Å²) in [5.74, 6) is 0.297. The Bertz CT molecular complexity index is 211. The lowest BCUT2D eigenvalue weighted by Gasteiger charge is -2.34. The molecule has 84 valence electrons. The summed E-state index contributed by atoms with van der Waals surface area (Å²) >= 11 is 0. The van der Waals surface area contributed by atoms with Gasteiger partial charge in [-0.05, 0) is 20.8 Å². The molecular weight excluding hydrogens is 202 g/mol. The van der Waals surface area contributed by atoms with E-state index in [2.05, 4.69) is 4.72 Å². The summed E-state index contributed by atoms with van der Waals surface area (Å²) in [7, 11) is -1.12. The normalized spacial score (nSPS) is 22.9. The summed E-state index contributed by atoms with van der Waals surface area (Å²) in [6.45, 7) is 7.03. The van der Waals surface area contributed by atoms with Gasteiger partial charge in [0.2, 0.25) is 0 Å². The maximum absolute atomic E-state index is 11.7. The fourth-order valence-electron chi connectivity index (χ4n) is 1.08. The average Bonchev–Trinajstić information content (AvgIpc) is 1.97. The highest BCUT2D eigenvalue weighted by Gasteiger charge is 2.31. The van der Waals surface area contributed by atoms with Gasteiger partial charge < -0.3 is 9.84 Å². The van der Waals surface area contributed by atoms with Crippen LogP contribution in [0, 0.1) is 5.92 Å². The lowest BCUT2D eigenvalue weighted by Crippen LogP contribution is -2.51. The minimum Gasteiger partial charge on any atom is -0.395 e. The van der Waals surface area contributed by atoms with E-state index in [1.165, 1.54) is 0 Å². The van der Waals surface area contributed by atoms with Gasteiger partial charge in [0.1, 0.15) is 0 Å². The standard InChI is InChI=1S/C9H19NO3S/c1-9(2,3)14(12)10-8(4-11)7-5-13-6-7/h7-8,10-11H,4-6H2,1-3H3. The topological polar surface area (TPSA) is 58.6 Å². The number of rotatable bonds is 4. The third-order valence-corrected chi connectivity index (χ3v) is 3.87. The van der Waals surface area contributed by atoms with Crippen molar-refractivity contribution in [1.29, 1.82) is 0 Å². The van der Waals surface area contributed by atoms with E-state index in [0.29, 0.717) is 19.1 Å². The van der Waals surface area contributed by atoms with Crippen LogP contribution in [0.2, 0.25) is 0 Å². The molecule has 1 aliphatic rings. The van der Waals surface area contributed by atoms with Gasteiger partial charge in [0, 0.05) is 12.0 Å². The SMILES string of the molecule is CC(C)(C)S(=O)NC(CO)C1COC1. The highest BCUT2D eigenvalue weighted by molar-refractivity contribution is 7.84. The fourth-order valence-corrected chi connectivity index (χ4v) is 1.98. The number of hydrogen-bond donors (Lipinski definition) is 2. The van der Waals surface area contributed by atoms with Gasteiger partial charge in [0.05, 0.1) is 35.6 Å². The summed E-state index contributed by atoms with van der Waals surface area (Å²) in [4.78, 5) is 0. The van der Waals surface area contributed by atoms with Gasteiger partial charge in [-0.2, -0.15) is 0 Å². The second-order valence-electron chi connectivity index (χ2n) is 4.59. The molecule has 0 aliphatic carbocycles. The van der Waals surface area contributed by atoms with Crippen molar-refractivity contribution in [1.82, 2.24) is 4.72 Å². The zero-order valence-corrected chi connectivity index (χ0v) is 9.76. The number of ether oxygens (including phenoxy) is 1. The smallest absolute Gasteiger partial charge is 0.0973 e. The molecule has 0 aromatic heterocycles. The Hall–Kier alpha value is 0.0300. The molecule has 1 heterocycles. The van der Waals surface area contributed by atoms with Crippen molar-refractivity contribution in [3.8, 4) is 0 Å². The number of nitrogens with one attached hydrogen (secondary N) is 1. The predicted octanol–water partition coefficient (Wildman–Crippen LogP) is 0.0455. The predicted molar refractivity (Wildman–Crippen MR) is 56.2 cm³/mol. The maximum Gasteiger partial charge on any atom is 0.0973 e. The molecule has 0 bridgehead atoms. The van der Waals surface area contributed by atoms with Gasteiger partial charge >= 0.3 is 0 Å².